The second-order valence-corrected chi connectivity index (χ2v) is 6.71. The third-order valence-corrected chi connectivity index (χ3v) is 2.01. The quantitative estimate of drug-likeness (QED) is 0.492. The first-order valence-electron chi connectivity index (χ1n) is 2.07. The highest BCUT2D eigenvalue weighted by atomic mass is 31.2. The minimum Gasteiger partial charge on any atom is -0.196 e. The maximum Gasteiger partial charge on any atom is 0.0706 e. The van der Waals surface area contributed by atoms with E-state index < -0.39 is 7.41 Å². The Hall–Kier alpha value is 0.390. The second kappa shape index (κ2) is 1.90. The van der Waals surface area contributed by atoms with Crippen LogP contribution in [0.3, 0.4) is 0 Å². The Morgan fingerprint density at radius 2 is 1.33 bits per heavy atom. The molecule has 0 saturated carbocycles. The van der Waals surface area contributed by atoms with E-state index in [1.165, 1.54) is 0 Å². The van der Waals surface area contributed by atoms with Crippen molar-refractivity contribution in [3.63, 3.8) is 0 Å². The van der Waals surface area contributed by atoms with Gasteiger partial charge in [-0.1, -0.05) is 0 Å². The van der Waals surface area contributed by atoms with E-state index in [-0.39, 0.29) is 0 Å². The van der Waals surface area contributed by atoms with E-state index in [1.54, 1.807) is 0 Å². The molecule has 0 aliphatic carbocycles. The van der Waals surface area contributed by atoms with E-state index in [9.17, 15) is 0 Å². The predicted molar refractivity (Wildman–Crippen MR) is 33.8 cm³/mol. The normalized spacial score (nSPS) is 12.0. The van der Waals surface area contributed by atoms with Crippen LogP contribution in [-0.2, 0) is 0 Å². The lowest BCUT2D eigenvalue weighted by molar-refractivity contribution is 1.24. The highest BCUT2D eigenvalue weighted by Gasteiger charge is 2.10. The third kappa shape index (κ3) is 4.39. The van der Waals surface area contributed by atoms with E-state index in [4.69, 9.17) is 0 Å². The summed E-state index contributed by atoms with van der Waals surface area (Å²) in [5.41, 5.74) is 0. The molecular weight excluding hydrogens is 93.0 g/mol. The summed E-state index contributed by atoms with van der Waals surface area (Å²) >= 11 is 0. The molecule has 0 radical (unpaired) electrons. The lowest BCUT2D eigenvalue weighted by Crippen LogP contribution is -2.04. The smallest absolute Gasteiger partial charge is 0.0706 e. The Morgan fingerprint density at radius 1 is 1.17 bits per heavy atom. The average Bonchev–Trinajstić information content (AvgIpc) is 1.35. The van der Waals surface area contributed by atoms with Crippen molar-refractivity contribution in [1.29, 1.82) is 0 Å². The molecule has 0 aliphatic heterocycles. The highest BCUT2D eigenvalue weighted by molar-refractivity contribution is 7.71. The lowest BCUT2D eigenvalue weighted by Gasteiger charge is -2.06. The molecule has 6 heavy (non-hydrogen) atoms. The van der Waals surface area contributed by atoms with Crippen LogP contribution < -0.4 is 5.09 Å². The van der Waals surface area contributed by atoms with Crippen LogP contribution in [0.25, 0.3) is 0 Å². The lowest BCUT2D eigenvalue weighted by atomic mass is 11.6. The maximum atomic E-state index is 3.22. The fraction of sp³-hybridized carbons (Fsp3) is 1.00. The first-order chi connectivity index (χ1) is 2.56. The maximum absolute atomic E-state index is 3.22. The Bertz CT molecular complexity index is 37.3. The van der Waals surface area contributed by atoms with Crippen LogP contribution in [0, 0.1) is 0 Å². The van der Waals surface area contributed by atoms with Crippen LogP contribution >= 0.6 is 7.41 Å². The predicted octanol–water partition coefficient (Wildman–Crippen LogP) is 1.03. The summed E-state index contributed by atoms with van der Waals surface area (Å²) in [5.74, 6) is 0. The van der Waals surface area contributed by atoms with Gasteiger partial charge in [0.25, 0.3) is 0 Å². The van der Waals surface area contributed by atoms with Crippen molar-refractivity contribution in [1.82, 2.24) is 5.09 Å². The molecule has 0 heterocycles. The van der Waals surface area contributed by atoms with Crippen molar-refractivity contribution in [2.75, 3.05) is 27.0 Å². The van der Waals surface area contributed by atoms with Gasteiger partial charge in [-0.3, -0.25) is 0 Å². The Balaban J connectivity index is 3.17. The van der Waals surface area contributed by atoms with Gasteiger partial charge < -0.3 is 0 Å². The highest BCUT2D eigenvalue weighted by Crippen LogP contribution is 2.39. The summed E-state index contributed by atoms with van der Waals surface area (Å²) in [7, 11) is 1.36. The molecule has 38 valence electrons. The molecule has 0 bridgehead atoms. The zero-order chi connectivity index (χ0) is 5.21. The summed E-state index contributed by atoms with van der Waals surface area (Å²) in [5, 5.41) is 3.22. The molecule has 0 aromatic carbocycles. The van der Waals surface area contributed by atoms with Crippen LogP contribution in [0.4, 0.5) is 0 Å². The van der Waals surface area contributed by atoms with E-state index in [0.717, 1.165) is 0 Å². The van der Waals surface area contributed by atoms with Gasteiger partial charge in [-0.25, -0.2) is 0 Å². The van der Waals surface area contributed by atoms with Crippen LogP contribution in [0.2, 0.25) is 0 Å². The number of rotatable bonds is 1. The van der Waals surface area contributed by atoms with Crippen LogP contribution in [0.5, 0.6) is 0 Å². The first-order valence-corrected chi connectivity index (χ1v) is 5.20. The van der Waals surface area contributed by atoms with Gasteiger partial charge in [-0.15, -0.1) is 0 Å². The van der Waals surface area contributed by atoms with Gasteiger partial charge in [0.05, 0.1) is 27.4 Å². The standard InChI is InChI=1S/C4H13NP/c1-5-6(2,3)4/h5H,1-4H3/q+1. The molecular formula is C4H13NP+. The Kier molecular flexibility index (Phi) is 2.03. The topological polar surface area (TPSA) is 12.0 Å². The van der Waals surface area contributed by atoms with Gasteiger partial charge >= 0.3 is 0 Å². The molecule has 0 saturated heterocycles. The van der Waals surface area contributed by atoms with Crippen molar-refractivity contribution in [2.45, 2.75) is 0 Å². The molecule has 0 atom stereocenters. The fourth-order valence-electron chi connectivity index (χ4n) is 0. The van der Waals surface area contributed by atoms with Gasteiger partial charge in [-0.2, -0.15) is 5.09 Å². The van der Waals surface area contributed by atoms with Crippen molar-refractivity contribution in [3.8, 4) is 0 Å². The average molecular weight is 106 g/mol. The fourth-order valence-corrected chi connectivity index (χ4v) is 0. The van der Waals surface area contributed by atoms with E-state index in [0.29, 0.717) is 0 Å². The minimum atomic E-state index is -0.647. The molecule has 0 aromatic heterocycles. The van der Waals surface area contributed by atoms with E-state index in [2.05, 4.69) is 25.1 Å². The second-order valence-electron chi connectivity index (χ2n) is 2.24. The Labute approximate surface area is 40.5 Å². The molecule has 0 spiro atoms. The van der Waals surface area contributed by atoms with E-state index >= 15 is 0 Å². The van der Waals surface area contributed by atoms with Gasteiger partial charge in [0.2, 0.25) is 0 Å². The molecule has 0 aliphatic rings. The zero-order valence-corrected chi connectivity index (χ0v) is 5.84. The molecule has 0 rings (SSSR count). The summed E-state index contributed by atoms with van der Waals surface area (Å²) in [6.45, 7) is 6.73. The number of nitrogens with one attached hydrogen (secondary N) is 1. The van der Waals surface area contributed by atoms with Gasteiger partial charge in [0, 0.05) is 7.05 Å². The summed E-state index contributed by atoms with van der Waals surface area (Å²) in [6.07, 6.45) is 0. The van der Waals surface area contributed by atoms with Crippen molar-refractivity contribution in [2.24, 2.45) is 0 Å². The van der Waals surface area contributed by atoms with Crippen molar-refractivity contribution >= 4 is 7.41 Å². The molecule has 0 aromatic rings. The van der Waals surface area contributed by atoms with Gasteiger partial charge in [0.15, 0.2) is 0 Å². The minimum absolute atomic E-state index is 0.647. The monoisotopic (exact) mass is 106 g/mol. The van der Waals surface area contributed by atoms with Crippen LogP contribution in [0.15, 0.2) is 0 Å². The molecule has 0 amide bonds. The SMILES string of the molecule is CN[P+](C)(C)C. The molecule has 0 unspecified atom stereocenters. The third-order valence-electron chi connectivity index (χ3n) is 0.671. The summed E-state index contributed by atoms with van der Waals surface area (Å²) < 4.78 is 0. The van der Waals surface area contributed by atoms with Gasteiger partial charge in [-0.05, 0) is 0 Å². The largest absolute Gasteiger partial charge is 0.196 e. The van der Waals surface area contributed by atoms with Crippen LogP contribution in [0.1, 0.15) is 0 Å². The van der Waals surface area contributed by atoms with Crippen molar-refractivity contribution < 1.29 is 0 Å². The van der Waals surface area contributed by atoms with Gasteiger partial charge in [0.1, 0.15) is 0 Å². The molecule has 1 nitrogen and oxygen atoms in total. The summed E-state index contributed by atoms with van der Waals surface area (Å²) in [6, 6.07) is 0. The van der Waals surface area contributed by atoms with Crippen LogP contribution in [-0.4, -0.2) is 27.0 Å². The first kappa shape index (κ1) is 6.39. The number of hydrogen-bond acceptors (Lipinski definition) is 1. The number of hydrogen-bond donors (Lipinski definition) is 1. The molecule has 1 N–H and O–H groups in total. The van der Waals surface area contributed by atoms with Crippen molar-refractivity contribution in [3.05, 3.63) is 0 Å². The molecule has 0 fully saturated rings. The van der Waals surface area contributed by atoms with E-state index in [1.807, 2.05) is 7.05 Å². The molecule has 2 heteroatoms. The Morgan fingerprint density at radius 3 is 1.33 bits per heavy atom. The summed E-state index contributed by atoms with van der Waals surface area (Å²) in [4.78, 5) is 0. The zero-order valence-electron chi connectivity index (χ0n) is 4.95.